The summed E-state index contributed by atoms with van der Waals surface area (Å²) in [6.45, 7) is 0.469. The highest BCUT2D eigenvalue weighted by Gasteiger charge is 2.13. The summed E-state index contributed by atoms with van der Waals surface area (Å²) in [4.78, 5) is 12.4. The molecule has 0 aliphatic heterocycles. The summed E-state index contributed by atoms with van der Waals surface area (Å²) >= 11 is 3.37. The maximum absolute atomic E-state index is 13.8. The van der Waals surface area contributed by atoms with Gasteiger partial charge in [0.25, 0.3) is 5.91 Å². The van der Waals surface area contributed by atoms with E-state index in [9.17, 15) is 9.18 Å². The third-order valence-electron chi connectivity index (χ3n) is 4.26. The van der Waals surface area contributed by atoms with Crippen molar-refractivity contribution in [2.45, 2.75) is 13.2 Å². The maximum atomic E-state index is 13.8. The molecule has 0 atom stereocenters. The van der Waals surface area contributed by atoms with Gasteiger partial charge in [0.15, 0.2) is 5.76 Å². The van der Waals surface area contributed by atoms with Gasteiger partial charge in [0.05, 0.1) is 18.4 Å². The van der Waals surface area contributed by atoms with Crippen LogP contribution >= 0.6 is 15.9 Å². The molecule has 0 unspecified atom stereocenters. The van der Waals surface area contributed by atoms with Crippen LogP contribution in [-0.4, -0.2) is 15.7 Å². The summed E-state index contributed by atoms with van der Waals surface area (Å²) in [5.74, 6) is 0.676. The molecule has 0 fully saturated rings. The molecule has 2 aromatic heterocycles. The summed E-state index contributed by atoms with van der Waals surface area (Å²) in [5.41, 5.74) is 1.00. The number of aromatic nitrogens is 2. The number of nitrogens with zero attached hydrogens (tertiary/aromatic N) is 2. The van der Waals surface area contributed by atoms with E-state index in [0.29, 0.717) is 22.8 Å². The zero-order chi connectivity index (χ0) is 20.9. The Morgan fingerprint density at radius 3 is 2.73 bits per heavy atom. The molecule has 2 aromatic carbocycles. The minimum absolute atomic E-state index is 0.159. The highest BCUT2D eigenvalue weighted by atomic mass is 79.9. The number of nitrogens with one attached hydrogen (secondary N) is 1. The average molecular weight is 470 g/mol. The number of carbonyl (C=O) groups is 1. The van der Waals surface area contributed by atoms with Crippen molar-refractivity contribution in [1.82, 2.24) is 9.78 Å². The molecule has 0 aliphatic rings. The second kappa shape index (κ2) is 8.96. The molecular formula is C22H17BrFN3O3. The molecule has 1 amide bonds. The predicted molar refractivity (Wildman–Crippen MR) is 113 cm³/mol. The molecule has 4 rings (SSSR count). The summed E-state index contributed by atoms with van der Waals surface area (Å²) in [7, 11) is 0. The lowest BCUT2D eigenvalue weighted by atomic mass is 10.2. The predicted octanol–water partition coefficient (Wildman–Crippen LogP) is 5.26. The quantitative estimate of drug-likeness (QED) is 0.400. The second-order valence-electron chi connectivity index (χ2n) is 6.48. The first kappa shape index (κ1) is 19.9. The number of amides is 1. The Hall–Kier alpha value is -3.39. The number of furan rings is 1. The molecule has 0 spiro atoms. The van der Waals surface area contributed by atoms with Gasteiger partial charge in [0.1, 0.15) is 23.9 Å². The third-order valence-corrected chi connectivity index (χ3v) is 4.79. The number of hydrogen-bond acceptors (Lipinski definition) is 4. The highest BCUT2D eigenvalue weighted by molar-refractivity contribution is 9.10. The summed E-state index contributed by atoms with van der Waals surface area (Å²) in [6, 6.07) is 17.2. The molecule has 0 bridgehead atoms. The van der Waals surface area contributed by atoms with E-state index in [0.717, 1.165) is 4.47 Å². The molecule has 0 radical (unpaired) electrons. The SMILES string of the molecule is O=C(Nc1cnn(Cc2ccccc2F)c1)c1ccc(COc2ccc(Br)cc2)o1. The monoisotopic (exact) mass is 469 g/mol. The van der Waals surface area contributed by atoms with E-state index in [1.807, 2.05) is 24.3 Å². The van der Waals surface area contributed by atoms with Gasteiger partial charge in [-0.2, -0.15) is 5.10 Å². The van der Waals surface area contributed by atoms with Crippen molar-refractivity contribution < 1.29 is 18.3 Å². The fourth-order valence-electron chi connectivity index (χ4n) is 2.77. The molecule has 0 saturated carbocycles. The molecule has 0 saturated heterocycles. The van der Waals surface area contributed by atoms with E-state index >= 15 is 0 Å². The number of anilines is 1. The number of benzene rings is 2. The van der Waals surface area contributed by atoms with Gasteiger partial charge in [0.2, 0.25) is 0 Å². The van der Waals surface area contributed by atoms with E-state index < -0.39 is 5.91 Å². The van der Waals surface area contributed by atoms with Crippen LogP contribution in [0.3, 0.4) is 0 Å². The van der Waals surface area contributed by atoms with Gasteiger partial charge in [-0.05, 0) is 42.5 Å². The van der Waals surface area contributed by atoms with Crippen LogP contribution in [0.15, 0.2) is 81.9 Å². The van der Waals surface area contributed by atoms with Crippen LogP contribution < -0.4 is 10.1 Å². The van der Waals surface area contributed by atoms with E-state index in [1.165, 1.54) is 12.3 Å². The Kier molecular flexibility index (Phi) is 5.94. The van der Waals surface area contributed by atoms with Crippen molar-refractivity contribution in [1.29, 1.82) is 0 Å². The Morgan fingerprint density at radius 2 is 1.93 bits per heavy atom. The lowest BCUT2D eigenvalue weighted by molar-refractivity contribution is 0.0992. The second-order valence-corrected chi connectivity index (χ2v) is 7.40. The van der Waals surface area contributed by atoms with Crippen LogP contribution in [0.2, 0.25) is 0 Å². The van der Waals surface area contributed by atoms with Crippen molar-refractivity contribution >= 4 is 27.5 Å². The van der Waals surface area contributed by atoms with Crippen molar-refractivity contribution in [3.05, 3.63) is 100 Å². The smallest absolute Gasteiger partial charge is 0.291 e. The van der Waals surface area contributed by atoms with Gasteiger partial charge in [-0.3, -0.25) is 9.48 Å². The largest absolute Gasteiger partial charge is 0.486 e. The lowest BCUT2D eigenvalue weighted by Crippen LogP contribution is -2.10. The van der Waals surface area contributed by atoms with Gasteiger partial charge in [-0.25, -0.2) is 4.39 Å². The number of carbonyl (C=O) groups excluding carboxylic acids is 1. The fraction of sp³-hybridized carbons (Fsp3) is 0.0909. The van der Waals surface area contributed by atoms with E-state index in [-0.39, 0.29) is 24.7 Å². The van der Waals surface area contributed by atoms with Crippen LogP contribution in [0.5, 0.6) is 5.75 Å². The molecule has 8 heteroatoms. The minimum atomic E-state index is -0.407. The Labute approximate surface area is 180 Å². The van der Waals surface area contributed by atoms with Gasteiger partial charge >= 0.3 is 0 Å². The first-order valence-electron chi connectivity index (χ1n) is 9.11. The van der Waals surface area contributed by atoms with Crippen molar-refractivity contribution in [2.24, 2.45) is 0 Å². The fourth-order valence-corrected chi connectivity index (χ4v) is 3.04. The standard InChI is InChI=1S/C22H17BrFN3O3/c23-16-5-7-18(8-6-16)29-14-19-9-10-21(30-19)22(28)26-17-11-25-27(13-17)12-15-3-1-2-4-20(15)24/h1-11,13H,12,14H2,(H,26,28). The van der Waals surface area contributed by atoms with Crippen LogP contribution in [0, 0.1) is 5.82 Å². The van der Waals surface area contributed by atoms with Gasteiger partial charge in [0, 0.05) is 16.2 Å². The van der Waals surface area contributed by atoms with Gasteiger partial charge in [-0.1, -0.05) is 34.1 Å². The van der Waals surface area contributed by atoms with Crippen LogP contribution in [0.4, 0.5) is 10.1 Å². The first-order chi connectivity index (χ1) is 14.6. The Bertz CT molecular complexity index is 1150. The maximum Gasteiger partial charge on any atom is 0.291 e. The zero-order valence-electron chi connectivity index (χ0n) is 15.7. The molecule has 152 valence electrons. The number of ether oxygens (including phenoxy) is 1. The topological polar surface area (TPSA) is 69.3 Å². The number of hydrogen-bond donors (Lipinski definition) is 1. The summed E-state index contributed by atoms with van der Waals surface area (Å²) in [5, 5.41) is 6.87. The van der Waals surface area contributed by atoms with Crippen LogP contribution in [-0.2, 0) is 13.2 Å². The molecule has 2 heterocycles. The van der Waals surface area contributed by atoms with Crippen LogP contribution in [0.25, 0.3) is 0 Å². The first-order valence-corrected chi connectivity index (χ1v) is 9.90. The van der Waals surface area contributed by atoms with E-state index in [2.05, 4.69) is 26.3 Å². The van der Waals surface area contributed by atoms with Gasteiger partial charge in [-0.15, -0.1) is 0 Å². The van der Waals surface area contributed by atoms with E-state index in [1.54, 1.807) is 41.2 Å². The van der Waals surface area contributed by atoms with Crippen molar-refractivity contribution in [2.75, 3.05) is 5.32 Å². The molecule has 30 heavy (non-hydrogen) atoms. The van der Waals surface area contributed by atoms with Crippen molar-refractivity contribution in [3.8, 4) is 5.75 Å². The number of halogens is 2. The molecule has 0 aliphatic carbocycles. The lowest BCUT2D eigenvalue weighted by Gasteiger charge is -2.04. The minimum Gasteiger partial charge on any atom is -0.486 e. The summed E-state index contributed by atoms with van der Waals surface area (Å²) < 4.78 is 27.5. The van der Waals surface area contributed by atoms with Crippen LogP contribution in [0.1, 0.15) is 21.9 Å². The normalized spacial score (nSPS) is 10.7. The summed E-state index contributed by atoms with van der Waals surface area (Å²) in [6.07, 6.45) is 3.13. The molecule has 6 nitrogen and oxygen atoms in total. The molecule has 1 N–H and O–H groups in total. The van der Waals surface area contributed by atoms with Crippen molar-refractivity contribution in [3.63, 3.8) is 0 Å². The molecule has 4 aromatic rings. The number of rotatable bonds is 7. The third kappa shape index (κ3) is 4.96. The Balaban J connectivity index is 1.34. The van der Waals surface area contributed by atoms with Gasteiger partial charge < -0.3 is 14.5 Å². The highest BCUT2D eigenvalue weighted by Crippen LogP contribution is 2.19. The van der Waals surface area contributed by atoms with E-state index in [4.69, 9.17) is 9.15 Å². The Morgan fingerprint density at radius 1 is 1.13 bits per heavy atom. The average Bonchev–Trinajstić information content (AvgIpc) is 3.39. The zero-order valence-corrected chi connectivity index (χ0v) is 17.3. The molecular weight excluding hydrogens is 453 g/mol.